The SMILES string of the molecule is CCC(O)CSCC(NC(C)=O)C(=O)O. The van der Waals surface area contributed by atoms with Gasteiger partial charge in [-0.15, -0.1) is 0 Å². The van der Waals surface area contributed by atoms with Gasteiger partial charge in [0.25, 0.3) is 0 Å². The molecule has 0 aromatic carbocycles. The molecule has 2 atom stereocenters. The summed E-state index contributed by atoms with van der Waals surface area (Å²) >= 11 is 1.32. The van der Waals surface area contributed by atoms with Gasteiger partial charge in [0.05, 0.1) is 6.10 Å². The molecule has 6 heteroatoms. The molecular weight excluding hydrogens is 218 g/mol. The number of hydrogen-bond acceptors (Lipinski definition) is 4. The van der Waals surface area contributed by atoms with Crippen molar-refractivity contribution in [1.29, 1.82) is 0 Å². The predicted octanol–water partition coefficient (Wildman–Crippen LogP) is 0.0798. The summed E-state index contributed by atoms with van der Waals surface area (Å²) in [5.74, 6) is -0.658. The molecule has 0 aliphatic rings. The van der Waals surface area contributed by atoms with Gasteiger partial charge in [-0.1, -0.05) is 6.92 Å². The molecule has 0 heterocycles. The number of carboxylic acids is 1. The van der Waals surface area contributed by atoms with Gasteiger partial charge in [0, 0.05) is 18.4 Å². The number of carbonyl (C=O) groups excluding carboxylic acids is 1. The molecule has 1 amide bonds. The lowest BCUT2D eigenvalue weighted by molar-refractivity contribution is -0.140. The molecule has 0 aliphatic carbocycles. The highest BCUT2D eigenvalue weighted by Crippen LogP contribution is 2.07. The van der Waals surface area contributed by atoms with Crippen LogP contribution in [-0.2, 0) is 9.59 Å². The zero-order chi connectivity index (χ0) is 11.8. The van der Waals surface area contributed by atoms with Crippen molar-refractivity contribution < 1.29 is 19.8 Å². The van der Waals surface area contributed by atoms with Gasteiger partial charge in [-0.25, -0.2) is 4.79 Å². The first-order chi connectivity index (χ1) is 6.97. The van der Waals surface area contributed by atoms with Gasteiger partial charge in [0.2, 0.25) is 5.91 Å². The van der Waals surface area contributed by atoms with Gasteiger partial charge in [-0.2, -0.15) is 11.8 Å². The Morgan fingerprint density at radius 1 is 1.40 bits per heavy atom. The van der Waals surface area contributed by atoms with E-state index in [2.05, 4.69) is 5.32 Å². The molecule has 0 fully saturated rings. The van der Waals surface area contributed by atoms with E-state index < -0.39 is 18.1 Å². The Hall–Kier alpha value is -0.750. The highest BCUT2D eigenvalue weighted by molar-refractivity contribution is 7.99. The van der Waals surface area contributed by atoms with Crippen molar-refractivity contribution in [1.82, 2.24) is 5.32 Å². The third kappa shape index (κ3) is 7.21. The maximum absolute atomic E-state index is 10.7. The van der Waals surface area contributed by atoms with Crippen LogP contribution in [0.3, 0.4) is 0 Å². The van der Waals surface area contributed by atoms with Gasteiger partial charge in [0.1, 0.15) is 6.04 Å². The molecule has 0 saturated heterocycles. The highest BCUT2D eigenvalue weighted by Gasteiger charge is 2.18. The van der Waals surface area contributed by atoms with E-state index in [1.54, 1.807) is 0 Å². The number of amides is 1. The fourth-order valence-electron chi connectivity index (χ4n) is 0.860. The number of aliphatic carboxylic acids is 1. The first-order valence-corrected chi connectivity index (χ1v) is 5.88. The Morgan fingerprint density at radius 2 is 2.00 bits per heavy atom. The number of carbonyl (C=O) groups is 2. The monoisotopic (exact) mass is 235 g/mol. The summed E-state index contributed by atoms with van der Waals surface area (Å²) in [4.78, 5) is 21.4. The topological polar surface area (TPSA) is 86.6 Å². The van der Waals surface area contributed by atoms with E-state index in [-0.39, 0.29) is 11.7 Å². The molecule has 0 bridgehead atoms. The standard InChI is InChI=1S/C9H17NO4S/c1-3-7(12)4-15-5-8(9(13)14)10-6(2)11/h7-8,12H,3-5H2,1-2H3,(H,10,11)(H,13,14). The zero-order valence-corrected chi connectivity index (χ0v) is 9.71. The van der Waals surface area contributed by atoms with E-state index >= 15 is 0 Å². The second kappa shape index (κ2) is 7.53. The van der Waals surface area contributed by atoms with E-state index in [9.17, 15) is 14.7 Å². The van der Waals surface area contributed by atoms with Crippen LogP contribution in [0.2, 0.25) is 0 Å². The Kier molecular flexibility index (Phi) is 7.15. The molecule has 3 N–H and O–H groups in total. The van der Waals surface area contributed by atoms with Gasteiger partial charge < -0.3 is 15.5 Å². The van der Waals surface area contributed by atoms with Crippen molar-refractivity contribution in [3.8, 4) is 0 Å². The summed E-state index contributed by atoms with van der Waals surface area (Å²) in [5, 5.41) is 20.3. The summed E-state index contributed by atoms with van der Waals surface area (Å²) in [6, 6.07) is -0.878. The van der Waals surface area contributed by atoms with Crippen LogP contribution in [0, 0.1) is 0 Å². The Morgan fingerprint density at radius 3 is 2.40 bits per heavy atom. The molecule has 2 unspecified atom stereocenters. The average molecular weight is 235 g/mol. The summed E-state index contributed by atoms with van der Waals surface area (Å²) in [6.45, 7) is 3.13. The number of aliphatic hydroxyl groups is 1. The third-order valence-electron chi connectivity index (χ3n) is 1.74. The molecule has 5 nitrogen and oxygen atoms in total. The molecule has 0 spiro atoms. The molecule has 88 valence electrons. The lowest BCUT2D eigenvalue weighted by Gasteiger charge is -2.13. The first kappa shape index (κ1) is 14.2. The number of nitrogens with one attached hydrogen (secondary N) is 1. The minimum atomic E-state index is -1.05. The number of hydrogen-bond donors (Lipinski definition) is 3. The second-order valence-corrected chi connectivity index (χ2v) is 4.27. The van der Waals surface area contributed by atoms with E-state index in [1.807, 2.05) is 6.92 Å². The Bertz CT molecular complexity index is 222. The van der Waals surface area contributed by atoms with Crippen LogP contribution in [0.4, 0.5) is 0 Å². The van der Waals surface area contributed by atoms with Crippen LogP contribution in [0.1, 0.15) is 20.3 Å². The molecule has 0 radical (unpaired) electrons. The Balaban J connectivity index is 3.86. The lowest BCUT2D eigenvalue weighted by atomic mass is 10.3. The zero-order valence-electron chi connectivity index (χ0n) is 8.90. The van der Waals surface area contributed by atoms with Crippen LogP contribution in [-0.4, -0.2) is 45.7 Å². The smallest absolute Gasteiger partial charge is 0.327 e. The van der Waals surface area contributed by atoms with Gasteiger partial charge in [-0.05, 0) is 6.42 Å². The Labute approximate surface area is 93.2 Å². The summed E-state index contributed by atoms with van der Waals surface area (Å²) in [7, 11) is 0. The van der Waals surface area contributed by atoms with Gasteiger partial charge in [-0.3, -0.25) is 4.79 Å². The minimum Gasteiger partial charge on any atom is -0.480 e. The highest BCUT2D eigenvalue weighted by atomic mass is 32.2. The van der Waals surface area contributed by atoms with Crippen molar-refractivity contribution >= 4 is 23.6 Å². The van der Waals surface area contributed by atoms with Gasteiger partial charge in [0.15, 0.2) is 0 Å². The summed E-state index contributed by atoms with van der Waals surface area (Å²) in [5.41, 5.74) is 0. The van der Waals surface area contributed by atoms with Gasteiger partial charge >= 0.3 is 5.97 Å². The van der Waals surface area contributed by atoms with E-state index in [1.165, 1.54) is 18.7 Å². The summed E-state index contributed by atoms with van der Waals surface area (Å²) < 4.78 is 0. The molecule has 0 rings (SSSR count). The predicted molar refractivity (Wildman–Crippen MR) is 58.9 cm³/mol. The number of aliphatic hydroxyl groups excluding tert-OH is 1. The molecule has 0 aromatic rings. The lowest BCUT2D eigenvalue weighted by Crippen LogP contribution is -2.41. The normalized spacial score (nSPS) is 14.3. The number of thioether (sulfide) groups is 1. The maximum Gasteiger partial charge on any atom is 0.327 e. The van der Waals surface area contributed by atoms with E-state index in [0.717, 1.165) is 0 Å². The largest absolute Gasteiger partial charge is 0.480 e. The molecule has 0 saturated carbocycles. The fourth-order valence-corrected chi connectivity index (χ4v) is 1.97. The fraction of sp³-hybridized carbons (Fsp3) is 0.778. The number of carboxylic acid groups (broad SMARTS) is 1. The minimum absolute atomic E-state index is 0.270. The van der Waals surface area contributed by atoms with Crippen molar-refractivity contribution in [2.45, 2.75) is 32.4 Å². The second-order valence-electron chi connectivity index (χ2n) is 3.19. The molecule has 0 aliphatic heterocycles. The average Bonchev–Trinajstić information content (AvgIpc) is 2.15. The van der Waals surface area contributed by atoms with E-state index in [4.69, 9.17) is 5.11 Å². The van der Waals surface area contributed by atoms with Crippen LogP contribution in [0.15, 0.2) is 0 Å². The van der Waals surface area contributed by atoms with Crippen LogP contribution >= 0.6 is 11.8 Å². The number of rotatable bonds is 7. The molecular formula is C9H17NO4S. The van der Waals surface area contributed by atoms with Crippen molar-refractivity contribution in [2.24, 2.45) is 0 Å². The first-order valence-electron chi connectivity index (χ1n) is 4.73. The van der Waals surface area contributed by atoms with E-state index in [0.29, 0.717) is 12.2 Å². The molecule has 15 heavy (non-hydrogen) atoms. The maximum atomic E-state index is 10.7. The van der Waals surface area contributed by atoms with Crippen LogP contribution in [0.5, 0.6) is 0 Å². The van der Waals surface area contributed by atoms with Crippen LogP contribution < -0.4 is 5.32 Å². The third-order valence-corrected chi connectivity index (χ3v) is 2.93. The molecule has 0 aromatic heterocycles. The quantitative estimate of drug-likeness (QED) is 0.582. The van der Waals surface area contributed by atoms with Crippen LogP contribution in [0.25, 0.3) is 0 Å². The van der Waals surface area contributed by atoms with Crippen molar-refractivity contribution in [3.05, 3.63) is 0 Å². The van der Waals surface area contributed by atoms with Crippen molar-refractivity contribution in [2.75, 3.05) is 11.5 Å². The summed E-state index contributed by atoms with van der Waals surface area (Å²) in [6.07, 6.45) is 0.229. The van der Waals surface area contributed by atoms with Crippen molar-refractivity contribution in [3.63, 3.8) is 0 Å².